The highest BCUT2D eigenvalue weighted by molar-refractivity contribution is 7.09. The van der Waals surface area contributed by atoms with Crippen LogP contribution in [-0.4, -0.2) is 35.9 Å². The number of thiophene rings is 1. The van der Waals surface area contributed by atoms with E-state index >= 15 is 0 Å². The molecule has 1 unspecified atom stereocenters. The number of aliphatic carboxylic acids is 1. The van der Waals surface area contributed by atoms with Crippen molar-refractivity contribution in [2.45, 2.75) is 18.5 Å². The lowest BCUT2D eigenvalue weighted by Crippen LogP contribution is -2.57. The van der Waals surface area contributed by atoms with Gasteiger partial charge >= 0.3 is 12.0 Å². The summed E-state index contributed by atoms with van der Waals surface area (Å²) in [7, 11) is 0. The number of amides is 2. The Morgan fingerprint density at radius 3 is 2.94 bits per heavy atom. The van der Waals surface area contributed by atoms with E-state index in [1.165, 1.54) is 11.3 Å². The van der Waals surface area contributed by atoms with Gasteiger partial charge in [-0.15, -0.1) is 11.3 Å². The lowest BCUT2D eigenvalue weighted by molar-refractivity contribution is -0.144. The van der Waals surface area contributed by atoms with Gasteiger partial charge in [-0.3, -0.25) is 0 Å². The Labute approximate surface area is 108 Å². The Bertz CT molecular complexity index is 426. The maximum atomic E-state index is 11.7. The van der Waals surface area contributed by atoms with E-state index in [2.05, 4.69) is 10.6 Å². The maximum absolute atomic E-state index is 11.7. The highest BCUT2D eigenvalue weighted by atomic mass is 32.1. The number of ether oxygens (including phenoxy) is 1. The Kier molecular flexibility index (Phi) is 3.83. The molecule has 2 amide bonds. The first-order valence-corrected chi connectivity index (χ1v) is 6.40. The largest absolute Gasteiger partial charge is 0.479 e. The molecule has 98 valence electrons. The molecule has 0 radical (unpaired) electrons. The topological polar surface area (TPSA) is 87.7 Å². The number of urea groups is 1. The maximum Gasteiger partial charge on any atom is 0.332 e. The molecule has 0 saturated carbocycles. The molecule has 1 aromatic heterocycles. The van der Waals surface area contributed by atoms with Gasteiger partial charge in [-0.1, -0.05) is 6.07 Å². The van der Waals surface area contributed by atoms with Crippen LogP contribution in [0, 0.1) is 0 Å². The second-order valence-electron chi connectivity index (χ2n) is 4.08. The van der Waals surface area contributed by atoms with Crippen LogP contribution in [0.25, 0.3) is 0 Å². The van der Waals surface area contributed by atoms with Crippen LogP contribution >= 0.6 is 11.3 Å². The average Bonchev–Trinajstić information content (AvgIpc) is 2.97. The SMILES string of the molecule is O=C(NCc1cccs1)NC1(C(=O)O)CCOC1. The first kappa shape index (κ1) is 12.8. The number of rotatable bonds is 4. The minimum atomic E-state index is -1.29. The highest BCUT2D eigenvalue weighted by Crippen LogP contribution is 2.18. The zero-order chi connectivity index (χ0) is 13.0. The van der Waals surface area contributed by atoms with Crippen molar-refractivity contribution in [3.8, 4) is 0 Å². The molecule has 2 heterocycles. The summed E-state index contributed by atoms with van der Waals surface area (Å²) in [5.41, 5.74) is -1.29. The van der Waals surface area contributed by atoms with E-state index in [1.807, 2.05) is 17.5 Å². The molecule has 1 aliphatic rings. The normalized spacial score (nSPS) is 22.7. The predicted octanol–water partition coefficient (Wildman–Crippen LogP) is 0.791. The lowest BCUT2D eigenvalue weighted by Gasteiger charge is -2.23. The molecule has 0 spiro atoms. The number of hydrogen-bond acceptors (Lipinski definition) is 4. The third-order valence-corrected chi connectivity index (χ3v) is 3.66. The van der Waals surface area contributed by atoms with Crippen LogP contribution < -0.4 is 10.6 Å². The zero-order valence-corrected chi connectivity index (χ0v) is 10.5. The number of hydrogen-bond donors (Lipinski definition) is 3. The summed E-state index contributed by atoms with van der Waals surface area (Å²) >= 11 is 1.53. The van der Waals surface area contributed by atoms with Gasteiger partial charge in [0.15, 0.2) is 5.54 Å². The van der Waals surface area contributed by atoms with E-state index in [4.69, 9.17) is 9.84 Å². The van der Waals surface area contributed by atoms with Gasteiger partial charge < -0.3 is 20.5 Å². The molecule has 18 heavy (non-hydrogen) atoms. The summed E-state index contributed by atoms with van der Waals surface area (Å²) in [4.78, 5) is 23.9. The zero-order valence-electron chi connectivity index (χ0n) is 9.64. The van der Waals surface area contributed by atoms with Crippen molar-refractivity contribution in [3.05, 3.63) is 22.4 Å². The number of carbonyl (C=O) groups is 2. The monoisotopic (exact) mass is 270 g/mol. The van der Waals surface area contributed by atoms with Crippen molar-refractivity contribution in [1.29, 1.82) is 0 Å². The van der Waals surface area contributed by atoms with E-state index in [9.17, 15) is 9.59 Å². The molecule has 1 saturated heterocycles. The summed E-state index contributed by atoms with van der Waals surface area (Å²) in [6.45, 7) is 0.742. The molecule has 1 fully saturated rings. The molecular formula is C11H14N2O4S. The molecule has 0 aromatic carbocycles. The van der Waals surface area contributed by atoms with Crippen LogP contribution in [0.2, 0.25) is 0 Å². The van der Waals surface area contributed by atoms with Gasteiger partial charge in [0, 0.05) is 17.9 Å². The fourth-order valence-corrected chi connectivity index (χ4v) is 2.37. The minimum Gasteiger partial charge on any atom is -0.479 e. The van der Waals surface area contributed by atoms with E-state index < -0.39 is 17.5 Å². The summed E-state index contributed by atoms with van der Waals surface area (Å²) in [5, 5.41) is 16.2. The fourth-order valence-electron chi connectivity index (χ4n) is 1.73. The number of carboxylic acid groups (broad SMARTS) is 1. The Morgan fingerprint density at radius 2 is 2.39 bits per heavy atom. The molecule has 1 atom stereocenters. The summed E-state index contributed by atoms with van der Waals surface area (Å²) in [6, 6.07) is 3.30. The van der Waals surface area contributed by atoms with Crippen molar-refractivity contribution in [2.75, 3.05) is 13.2 Å². The van der Waals surface area contributed by atoms with E-state index in [1.54, 1.807) is 0 Å². The van der Waals surface area contributed by atoms with Crippen molar-refractivity contribution in [1.82, 2.24) is 10.6 Å². The molecule has 6 nitrogen and oxygen atoms in total. The third kappa shape index (κ3) is 2.80. The van der Waals surface area contributed by atoms with Crippen molar-refractivity contribution in [3.63, 3.8) is 0 Å². The van der Waals surface area contributed by atoms with Crippen LogP contribution in [0.4, 0.5) is 4.79 Å². The standard InChI is InChI=1S/C11H14N2O4S/c14-9(15)11(3-4-17-7-11)13-10(16)12-6-8-2-1-5-18-8/h1-2,5H,3-4,6-7H2,(H,14,15)(H2,12,13,16). The van der Waals surface area contributed by atoms with E-state index in [0.29, 0.717) is 13.2 Å². The molecular weight excluding hydrogens is 256 g/mol. The van der Waals surface area contributed by atoms with Gasteiger partial charge in [0.05, 0.1) is 13.2 Å². The van der Waals surface area contributed by atoms with Crippen molar-refractivity contribution >= 4 is 23.3 Å². The number of carboxylic acids is 1. The van der Waals surface area contributed by atoms with Crippen molar-refractivity contribution < 1.29 is 19.4 Å². The summed E-state index contributed by atoms with van der Waals surface area (Å²) in [5.74, 6) is -1.06. The summed E-state index contributed by atoms with van der Waals surface area (Å²) in [6.07, 6.45) is 0.286. The quantitative estimate of drug-likeness (QED) is 0.755. The van der Waals surface area contributed by atoms with Crippen LogP contribution in [0.3, 0.4) is 0 Å². The number of carbonyl (C=O) groups excluding carboxylic acids is 1. The molecule has 0 aliphatic carbocycles. The second kappa shape index (κ2) is 5.36. The van der Waals surface area contributed by atoms with Crippen LogP contribution in [0.5, 0.6) is 0 Å². The predicted molar refractivity (Wildman–Crippen MR) is 65.5 cm³/mol. The van der Waals surface area contributed by atoms with Gasteiger partial charge in [-0.25, -0.2) is 9.59 Å². The minimum absolute atomic E-state index is 0.00869. The Morgan fingerprint density at radius 1 is 1.56 bits per heavy atom. The van der Waals surface area contributed by atoms with Crippen LogP contribution in [0.15, 0.2) is 17.5 Å². The molecule has 3 N–H and O–H groups in total. The van der Waals surface area contributed by atoms with Gasteiger partial charge in [-0.2, -0.15) is 0 Å². The van der Waals surface area contributed by atoms with Crippen molar-refractivity contribution in [2.24, 2.45) is 0 Å². The Balaban J connectivity index is 1.88. The molecule has 7 heteroatoms. The summed E-state index contributed by atoms with van der Waals surface area (Å²) < 4.78 is 5.05. The van der Waals surface area contributed by atoms with Gasteiger partial charge in [0.25, 0.3) is 0 Å². The Hall–Kier alpha value is -1.60. The highest BCUT2D eigenvalue weighted by Gasteiger charge is 2.43. The smallest absolute Gasteiger partial charge is 0.332 e. The third-order valence-electron chi connectivity index (χ3n) is 2.79. The molecule has 0 bridgehead atoms. The number of nitrogens with one attached hydrogen (secondary N) is 2. The van der Waals surface area contributed by atoms with Gasteiger partial charge in [0.1, 0.15) is 0 Å². The van der Waals surface area contributed by atoms with Crippen LogP contribution in [-0.2, 0) is 16.1 Å². The average molecular weight is 270 g/mol. The molecule has 1 aromatic rings. The van der Waals surface area contributed by atoms with Gasteiger partial charge in [0.2, 0.25) is 0 Å². The first-order valence-electron chi connectivity index (χ1n) is 5.52. The second-order valence-corrected chi connectivity index (χ2v) is 5.11. The first-order chi connectivity index (χ1) is 8.62. The van der Waals surface area contributed by atoms with E-state index in [-0.39, 0.29) is 13.0 Å². The lowest BCUT2D eigenvalue weighted by atomic mass is 9.99. The van der Waals surface area contributed by atoms with E-state index in [0.717, 1.165) is 4.88 Å². The van der Waals surface area contributed by atoms with Crippen LogP contribution in [0.1, 0.15) is 11.3 Å². The molecule has 1 aliphatic heterocycles. The molecule has 2 rings (SSSR count). The fraction of sp³-hybridized carbons (Fsp3) is 0.455. The van der Waals surface area contributed by atoms with Gasteiger partial charge in [-0.05, 0) is 11.4 Å².